The molecule has 0 spiro atoms. The molecule has 0 aliphatic carbocycles. The predicted octanol–water partition coefficient (Wildman–Crippen LogP) is 1.55. The number of hydrogen-bond acceptors (Lipinski definition) is 7. The van der Waals surface area contributed by atoms with Gasteiger partial charge >= 0.3 is 5.97 Å². The van der Waals surface area contributed by atoms with Crippen molar-refractivity contribution < 1.29 is 32.2 Å². The Labute approximate surface area is 163 Å². The molecule has 1 amide bonds. The lowest BCUT2D eigenvalue weighted by Crippen LogP contribution is -2.44. The lowest BCUT2D eigenvalue weighted by molar-refractivity contribution is -0.140. The van der Waals surface area contributed by atoms with Crippen LogP contribution >= 0.6 is 11.6 Å². The molecular formula is C17H22ClNO7S. The van der Waals surface area contributed by atoms with E-state index in [9.17, 15) is 18.0 Å². The highest BCUT2D eigenvalue weighted by atomic mass is 35.5. The summed E-state index contributed by atoms with van der Waals surface area (Å²) >= 11 is 6.08. The van der Waals surface area contributed by atoms with E-state index in [2.05, 4.69) is 0 Å². The first-order chi connectivity index (χ1) is 12.6. The fourth-order valence-corrected chi connectivity index (χ4v) is 4.92. The summed E-state index contributed by atoms with van der Waals surface area (Å²) in [5, 5.41) is 0.163. The molecule has 1 aromatic carbocycles. The van der Waals surface area contributed by atoms with Gasteiger partial charge in [-0.3, -0.25) is 4.79 Å². The number of methoxy groups -OCH3 is 2. The maximum atomic E-state index is 12.5. The van der Waals surface area contributed by atoms with Crippen molar-refractivity contribution in [2.75, 3.05) is 32.8 Å². The standard InChI is InChI=1S/C17H22ClNO7S/c1-10(16(20)19(2)12-5-6-27(22,23)9-12)26-17(21)11-7-13(18)15(25-4)14(8-11)24-3/h7-8,10,12H,5-6,9H2,1-4H3/t10-,12-/m0/s1. The number of likely N-dealkylation sites (N-methyl/N-ethyl adjacent to an activating group) is 1. The number of amides is 1. The first kappa shape index (κ1) is 21.3. The molecule has 2 rings (SSSR count). The normalized spacial score (nSPS) is 19.2. The monoisotopic (exact) mass is 419 g/mol. The van der Waals surface area contributed by atoms with Crippen molar-refractivity contribution in [1.29, 1.82) is 0 Å². The number of carbonyl (C=O) groups is 2. The molecule has 1 aromatic rings. The highest BCUT2D eigenvalue weighted by molar-refractivity contribution is 7.91. The second-order valence-corrected chi connectivity index (χ2v) is 8.88. The Balaban J connectivity index is 2.09. The van der Waals surface area contributed by atoms with Gasteiger partial charge in [0, 0.05) is 13.1 Å². The summed E-state index contributed by atoms with van der Waals surface area (Å²) in [6.07, 6.45) is -0.714. The molecule has 10 heteroatoms. The Morgan fingerprint density at radius 2 is 1.93 bits per heavy atom. The Kier molecular flexibility index (Phi) is 6.59. The van der Waals surface area contributed by atoms with Crippen LogP contribution in [0, 0.1) is 0 Å². The van der Waals surface area contributed by atoms with Gasteiger partial charge in [-0.15, -0.1) is 0 Å². The number of nitrogens with zero attached hydrogens (tertiary/aromatic N) is 1. The molecule has 150 valence electrons. The lowest BCUT2D eigenvalue weighted by Gasteiger charge is -2.26. The molecule has 0 aromatic heterocycles. The van der Waals surface area contributed by atoms with E-state index in [0.29, 0.717) is 6.42 Å². The minimum absolute atomic E-state index is 0.0492. The molecule has 0 bridgehead atoms. The summed E-state index contributed by atoms with van der Waals surface area (Å²) in [4.78, 5) is 26.2. The molecule has 1 saturated heterocycles. The molecule has 1 fully saturated rings. The van der Waals surface area contributed by atoms with Crippen LogP contribution < -0.4 is 9.47 Å². The molecule has 27 heavy (non-hydrogen) atoms. The van der Waals surface area contributed by atoms with E-state index in [1.807, 2.05) is 0 Å². The van der Waals surface area contributed by atoms with Crippen molar-refractivity contribution in [2.45, 2.75) is 25.5 Å². The van der Waals surface area contributed by atoms with Gasteiger partial charge in [-0.25, -0.2) is 13.2 Å². The maximum absolute atomic E-state index is 12.5. The molecule has 0 N–H and O–H groups in total. The third-order valence-electron chi connectivity index (χ3n) is 4.40. The molecule has 8 nitrogen and oxygen atoms in total. The average Bonchev–Trinajstić information content (AvgIpc) is 2.99. The van der Waals surface area contributed by atoms with E-state index in [0.717, 1.165) is 0 Å². The van der Waals surface area contributed by atoms with Crippen LogP contribution in [0.3, 0.4) is 0 Å². The van der Waals surface area contributed by atoms with Crippen LogP contribution in [0.5, 0.6) is 11.5 Å². The predicted molar refractivity (Wildman–Crippen MR) is 99.3 cm³/mol. The highest BCUT2D eigenvalue weighted by Crippen LogP contribution is 2.36. The average molecular weight is 420 g/mol. The molecule has 0 radical (unpaired) electrons. The van der Waals surface area contributed by atoms with Gasteiger partial charge < -0.3 is 19.1 Å². The third kappa shape index (κ3) is 4.84. The second-order valence-electron chi connectivity index (χ2n) is 6.25. The summed E-state index contributed by atoms with van der Waals surface area (Å²) in [5.41, 5.74) is 0.100. The minimum atomic E-state index is -3.13. The molecular weight excluding hydrogens is 398 g/mol. The molecule has 2 atom stereocenters. The maximum Gasteiger partial charge on any atom is 0.339 e. The van der Waals surface area contributed by atoms with Crippen LogP contribution in [0.25, 0.3) is 0 Å². The fourth-order valence-electron chi connectivity index (χ4n) is 2.86. The zero-order valence-electron chi connectivity index (χ0n) is 15.5. The zero-order valence-corrected chi connectivity index (χ0v) is 17.1. The van der Waals surface area contributed by atoms with E-state index < -0.39 is 33.9 Å². The third-order valence-corrected chi connectivity index (χ3v) is 6.44. The molecule has 1 aliphatic rings. The quantitative estimate of drug-likeness (QED) is 0.645. The molecule has 0 unspecified atom stereocenters. The van der Waals surface area contributed by atoms with E-state index in [1.54, 1.807) is 0 Å². The van der Waals surface area contributed by atoms with Gasteiger partial charge in [-0.05, 0) is 25.5 Å². The van der Waals surface area contributed by atoms with E-state index in [-0.39, 0.29) is 33.6 Å². The van der Waals surface area contributed by atoms with Crippen molar-refractivity contribution in [1.82, 2.24) is 4.90 Å². The minimum Gasteiger partial charge on any atom is -0.493 e. The summed E-state index contributed by atoms with van der Waals surface area (Å²) in [7, 11) is 1.20. The summed E-state index contributed by atoms with van der Waals surface area (Å²) in [6, 6.07) is 2.34. The van der Waals surface area contributed by atoms with E-state index >= 15 is 0 Å². The number of ether oxygens (including phenoxy) is 3. The number of carbonyl (C=O) groups excluding carboxylic acids is 2. The van der Waals surface area contributed by atoms with Gasteiger partial charge in [-0.1, -0.05) is 11.6 Å². The van der Waals surface area contributed by atoms with Crippen LogP contribution in [0.2, 0.25) is 5.02 Å². The summed E-state index contributed by atoms with van der Waals surface area (Å²) in [5.74, 6) is -0.733. The number of sulfone groups is 1. The largest absolute Gasteiger partial charge is 0.493 e. The SMILES string of the molecule is COc1cc(C(=O)O[C@@H](C)C(=O)N(C)[C@H]2CCS(=O)(=O)C2)cc(Cl)c1OC. The van der Waals surface area contributed by atoms with Gasteiger partial charge in [-0.2, -0.15) is 0 Å². The number of esters is 1. The Hall–Kier alpha value is -2.00. The number of halogens is 1. The van der Waals surface area contributed by atoms with Crippen molar-refractivity contribution in [3.63, 3.8) is 0 Å². The van der Waals surface area contributed by atoms with Crippen LogP contribution in [0.15, 0.2) is 12.1 Å². The van der Waals surface area contributed by atoms with Crippen molar-refractivity contribution in [3.05, 3.63) is 22.7 Å². The van der Waals surface area contributed by atoms with Crippen LogP contribution in [0.1, 0.15) is 23.7 Å². The first-order valence-corrected chi connectivity index (χ1v) is 10.4. The van der Waals surface area contributed by atoms with E-state index in [4.69, 9.17) is 25.8 Å². The summed E-state index contributed by atoms with van der Waals surface area (Å²) < 4.78 is 38.6. The van der Waals surface area contributed by atoms with Crippen molar-refractivity contribution in [2.24, 2.45) is 0 Å². The Bertz CT molecular complexity index is 840. The lowest BCUT2D eigenvalue weighted by atomic mass is 10.2. The van der Waals surface area contributed by atoms with Crippen LogP contribution in [-0.2, 0) is 19.4 Å². The van der Waals surface area contributed by atoms with Gasteiger partial charge in [0.25, 0.3) is 5.91 Å². The molecule has 1 aliphatic heterocycles. The van der Waals surface area contributed by atoms with Gasteiger partial charge in [0.15, 0.2) is 27.4 Å². The number of hydrogen-bond donors (Lipinski definition) is 0. The van der Waals surface area contributed by atoms with Gasteiger partial charge in [0.2, 0.25) is 0 Å². The van der Waals surface area contributed by atoms with E-state index in [1.165, 1.54) is 45.2 Å². The first-order valence-electron chi connectivity index (χ1n) is 8.19. The fraction of sp³-hybridized carbons (Fsp3) is 0.529. The molecule has 1 heterocycles. The zero-order chi connectivity index (χ0) is 20.4. The second kappa shape index (κ2) is 8.35. The van der Waals surface area contributed by atoms with Crippen molar-refractivity contribution >= 4 is 33.3 Å². The highest BCUT2D eigenvalue weighted by Gasteiger charge is 2.35. The van der Waals surface area contributed by atoms with Crippen molar-refractivity contribution in [3.8, 4) is 11.5 Å². The Morgan fingerprint density at radius 3 is 2.44 bits per heavy atom. The number of benzene rings is 1. The van der Waals surface area contributed by atoms with Gasteiger partial charge in [0.05, 0.1) is 36.3 Å². The topological polar surface area (TPSA) is 99.2 Å². The number of rotatable bonds is 6. The Morgan fingerprint density at radius 1 is 1.26 bits per heavy atom. The smallest absolute Gasteiger partial charge is 0.339 e. The van der Waals surface area contributed by atoms with Crippen LogP contribution in [0.4, 0.5) is 0 Å². The van der Waals surface area contributed by atoms with Crippen LogP contribution in [-0.4, -0.2) is 70.1 Å². The summed E-state index contributed by atoms with van der Waals surface area (Å²) in [6.45, 7) is 1.43. The molecule has 0 saturated carbocycles. The van der Waals surface area contributed by atoms with Gasteiger partial charge in [0.1, 0.15) is 0 Å².